The molecule has 2 fully saturated rings. The van der Waals surface area contributed by atoms with Crippen LogP contribution in [0.5, 0.6) is 0 Å². The van der Waals surface area contributed by atoms with Crippen LogP contribution in [0.3, 0.4) is 0 Å². The Hall–Kier alpha value is -1.43. The molecule has 2 aliphatic carbocycles. The molecule has 3 nitrogen and oxygen atoms in total. The first kappa shape index (κ1) is 25.2. The zero-order chi connectivity index (χ0) is 22.6. The normalized spacial score (nSPS) is 27.0. The van der Waals surface area contributed by atoms with Crippen LogP contribution in [0.25, 0.3) is 0 Å². The summed E-state index contributed by atoms with van der Waals surface area (Å²) < 4.78 is 0. The number of unbranched alkanes of at least 4 members (excludes halogenated alkanes) is 2. The molecule has 0 N–H and O–H groups in total. The molecule has 0 aliphatic heterocycles. The minimum absolute atomic E-state index is 0.102. The van der Waals surface area contributed by atoms with Gasteiger partial charge in [0.2, 0.25) is 0 Å². The molecule has 1 unspecified atom stereocenters. The molecule has 2 aliphatic rings. The third-order valence-electron chi connectivity index (χ3n) is 8.52. The molecule has 2 saturated carbocycles. The summed E-state index contributed by atoms with van der Waals surface area (Å²) in [5.74, 6) is 3.42. The zero-order valence-electron chi connectivity index (χ0n) is 20.9. The summed E-state index contributed by atoms with van der Waals surface area (Å²) in [5, 5.41) is 18.8. The number of nitriles is 1. The highest BCUT2D eigenvalue weighted by Gasteiger charge is 2.28. The van der Waals surface area contributed by atoms with E-state index in [1.807, 2.05) is 0 Å². The lowest BCUT2D eigenvalue weighted by Crippen LogP contribution is -2.23. The molecule has 1 atom stereocenters. The number of hydrogen-bond donors (Lipinski definition) is 0. The fourth-order valence-electron chi connectivity index (χ4n) is 6.30. The van der Waals surface area contributed by atoms with Gasteiger partial charge >= 0.3 is 0 Å². The average Bonchev–Trinajstić information content (AvgIpc) is 2.84. The van der Waals surface area contributed by atoms with Crippen molar-refractivity contribution in [3.05, 3.63) is 23.5 Å². The first-order chi connectivity index (χ1) is 15.7. The van der Waals surface area contributed by atoms with Crippen LogP contribution in [-0.2, 0) is 12.8 Å². The Kier molecular flexibility index (Phi) is 11.0. The molecule has 0 radical (unpaired) electrons. The highest BCUT2D eigenvalue weighted by atomic mass is 15.1. The average molecular weight is 438 g/mol. The lowest BCUT2D eigenvalue weighted by molar-refractivity contribution is 0.222. The number of rotatable bonds is 12. The van der Waals surface area contributed by atoms with E-state index in [4.69, 9.17) is 0 Å². The maximum atomic E-state index is 9.77. The summed E-state index contributed by atoms with van der Waals surface area (Å²) in [6.07, 6.45) is 22.1. The minimum Gasteiger partial charge on any atom is -0.198 e. The van der Waals surface area contributed by atoms with Gasteiger partial charge in [0.1, 0.15) is 0 Å². The summed E-state index contributed by atoms with van der Waals surface area (Å²) in [6, 6.07) is 6.91. The van der Waals surface area contributed by atoms with Gasteiger partial charge in [-0.1, -0.05) is 90.9 Å². The molecule has 0 bridgehead atoms. The molecule has 0 aromatic carbocycles. The second-order valence-corrected chi connectivity index (χ2v) is 10.9. The maximum Gasteiger partial charge on any atom is 0.0662 e. The number of hydrogen-bond acceptors (Lipinski definition) is 3. The predicted molar refractivity (Wildman–Crippen MR) is 133 cm³/mol. The van der Waals surface area contributed by atoms with Crippen molar-refractivity contribution < 1.29 is 0 Å². The van der Waals surface area contributed by atoms with E-state index in [-0.39, 0.29) is 5.92 Å². The molecular weight excluding hydrogens is 390 g/mol. The van der Waals surface area contributed by atoms with Gasteiger partial charge in [-0.25, -0.2) is 0 Å². The van der Waals surface area contributed by atoms with E-state index in [0.29, 0.717) is 5.92 Å². The standard InChI is InChI=1S/C29H47N3/c1-3-5-6-8-24-9-11-25(12-10-24)15-18-28-19-20-29(32-31-28)21-27(22-30)26-16-13-23(7-4-2)14-17-26/h19-20,23-27H,3-18,21H2,1-2H3/t23-,24-,25-,26-,27?. The van der Waals surface area contributed by atoms with Crippen LogP contribution < -0.4 is 0 Å². The van der Waals surface area contributed by atoms with E-state index >= 15 is 0 Å². The van der Waals surface area contributed by atoms with Crippen LogP contribution in [0.2, 0.25) is 0 Å². The second-order valence-electron chi connectivity index (χ2n) is 10.9. The van der Waals surface area contributed by atoms with E-state index < -0.39 is 0 Å². The van der Waals surface area contributed by atoms with Gasteiger partial charge in [0, 0.05) is 6.42 Å². The Morgan fingerprint density at radius 3 is 1.97 bits per heavy atom. The van der Waals surface area contributed by atoms with Crippen molar-refractivity contribution in [2.24, 2.45) is 29.6 Å². The van der Waals surface area contributed by atoms with Crippen LogP contribution in [-0.4, -0.2) is 10.2 Å². The van der Waals surface area contributed by atoms with Crippen molar-refractivity contribution >= 4 is 0 Å². The molecule has 3 heteroatoms. The lowest BCUT2D eigenvalue weighted by Gasteiger charge is -2.30. The van der Waals surface area contributed by atoms with Crippen molar-refractivity contribution in [1.82, 2.24) is 10.2 Å². The molecule has 1 heterocycles. The third kappa shape index (κ3) is 8.17. The van der Waals surface area contributed by atoms with Gasteiger partial charge in [-0.05, 0) is 61.5 Å². The van der Waals surface area contributed by atoms with Crippen LogP contribution in [0, 0.1) is 40.9 Å². The summed E-state index contributed by atoms with van der Waals surface area (Å²) in [7, 11) is 0. The molecule has 1 aromatic rings. The summed E-state index contributed by atoms with van der Waals surface area (Å²) in [6.45, 7) is 4.58. The van der Waals surface area contributed by atoms with Crippen molar-refractivity contribution in [3.8, 4) is 6.07 Å². The van der Waals surface area contributed by atoms with Crippen LogP contribution in [0.15, 0.2) is 12.1 Å². The fourth-order valence-corrected chi connectivity index (χ4v) is 6.30. The molecule has 3 rings (SSSR count). The van der Waals surface area contributed by atoms with E-state index in [1.54, 1.807) is 0 Å². The highest BCUT2D eigenvalue weighted by molar-refractivity contribution is 5.10. The largest absolute Gasteiger partial charge is 0.198 e. The van der Waals surface area contributed by atoms with E-state index in [0.717, 1.165) is 42.0 Å². The van der Waals surface area contributed by atoms with Gasteiger partial charge in [0.15, 0.2) is 0 Å². The SMILES string of the molecule is CCCCC[C@H]1CC[C@H](CCc2ccc(CC(C#N)[C@H]3CC[C@H](CCC)CC3)nn2)CC1. The predicted octanol–water partition coefficient (Wildman–Crippen LogP) is 8.08. The first-order valence-corrected chi connectivity index (χ1v) is 13.9. The molecule has 0 spiro atoms. The van der Waals surface area contributed by atoms with Crippen molar-refractivity contribution in [2.45, 2.75) is 123 Å². The fraction of sp³-hybridized carbons (Fsp3) is 0.828. The van der Waals surface area contributed by atoms with Gasteiger partial charge in [0.05, 0.1) is 23.4 Å². The van der Waals surface area contributed by atoms with Gasteiger partial charge in [-0.3, -0.25) is 0 Å². The summed E-state index contributed by atoms with van der Waals surface area (Å²) in [4.78, 5) is 0. The molecular formula is C29H47N3. The minimum atomic E-state index is 0.102. The Bertz CT molecular complexity index is 661. The van der Waals surface area contributed by atoms with Crippen molar-refractivity contribution in [3.63, 3.8) is 0 Å². The maximum absolute atomic E-state index is 9.77. The molecule has 0 saturated heterocycles. The van der Waals surface area contributed by atoms with Crippen molar-refractivity contribution in [2.75, 3.05) is 0 Å². The van der Waals surface area contributed by atoms with Crippen LogP contribution >= 0.6 is 0 Å². The first-order valence-electron chi connectivity index (χ1n) is 13.9. The monoisotopic (exact) mass is 437 g/mol. The number of aryl methyl sites for hydroxylation is 1. The van der Waals surface area contributed by atoms with E-state index in [9.17, 15) is 5.26 Å². The van der Waals surface area contributed by atoms with Gasteiger partial charge in [-0.2, -0.15) is 15.5 Å². The Labute approximate surface area is 197 Å². The summed E-state index contributed by atoms with van der Waals surface area (Å²) >= 11 is 0. The quantitative estimate of drug-likeness (QED) is 0.310. The highest BCUT2D eigenvalue weighted by Crippen LogP contribution is 2.36. The van der Waals surface area contributed by atoms with Crippen LogP contribution in [0.4, 0.5) is 0 Å². The van der Waals surface area contributed by atoms with E-state index in [1.165, 1.54) is 96.3 Å². The number of nitrogens with zero attached hydrogens (tertiary/aromatic N) is 3. The Balaban J connectivity index is 1.37. The Morgan fingerprint density at radius 2 is 1.38 bits per heavy atom. The van der Waals surface area contributed by atoms with Gasteiger partial charge in [-0.15, -0.1) is 0 Å². The summed E-state index contributed by atoms with van der Waals surface area (Å²) in [5.41, 5.74) is 2.14. The van der Waals surface area contributed by atoms with Gasteiger partial charge < -0.3 is 0 Å². The second kappa shape index (κ2) is 14.0. The van der Waals surface area contributed by atoms with E-state index in [2.05, 4.69) is 42.2 Å². The lowest BCUT2D eigenvalue weighted by atomic mass is 9.74. The van der Waals surface area contributed by atoms with Crippen LogP contribution in [0.1, 0.15) is 122 Å². The molecule has 1 aromatic heterocycles. The molecule has 0 amide bonds. The van der Waals surface area contributed by atoms with Crippen molar-refractivity contribution in [1.29, 1.82) is 5.26 Å². The number of aromatic nitrogens is 2. The topological polar surface area (TPSA) is 49.6 Å². The smallest absolute Gasteiger partial charge is 0.0662 e. The molecule has 32 heavy (non-hydrogen) atoms. The Morgan fingerprint density at radius 1 is 0.781 bits per heavy atom. The molecule has 178 valence electrons. The van der Waals surface area contributed by atoms with Gasteiger partial charge in [0.25, 0.3) is 0 Å². The third-order valence-corrected chi connectivity index (χ3v) is 8.52. The zero-order valence-corrected chi connectivity index (χ0v) is 20.9.